The maximum atomic E-state index is 5.75. The Hall–Kier alpha value is -1.26. The molecule has 2 heterocycles. The average molecular weight is 322 g/mol. The van der Waals surface area contributed by atoms with E-state index in [0.717, 1.165) is 13.1 Å². The fraction of sp³-hybridized carbons (Fsp3) is 0.438. The first-order valence-corrected chi connectivity index (χ1v) is 8.13. The van der Waals surface area contributed by atoms with Gasteiger partial charge in [-0.3, -0.25) is 0 Å². The van der Waals surface area contributed by atoms with Gasteiger partial charge in [0.15, 0.2) is 5.13 Å². The summed E-state index contributed by atoms with van der Waals surface area (Å²) in [6.07, 6.45) is 7.34. The highest BCUT2D eigenvalue weighted by molar-refractivity contribution is 7.15. The number of para-hydroxylation sites is 1. The van der Waals surface area contributed by atoms with E-state index in [1.165, 1.54) is 36.2 Å². The van der Waals surface area contributed by atoms with Crippen LogP contribution in [0.5, 0.6) is 0 Å². The van der Waals surface area contributed by atoms with Gasteiger partial charge in [0.25, 0.3) is 0 Å². The van der Waals surface area contributed by atoms with Crippen LogP contribution in [0.2, 0.25) is 0 Å². The van der Waals surface area contributed by atoms with Crippen LogP contribution >= 0.6 is 23.7 Å². The second-order valence-corrected chi connectivity index (χ2v) is 7.17. The third-order valence-corrected chi connectivity index (χ3v) is 5.60. The fourth-order valence-corrected chi connectivity index (χ4v) is 4.64. The highest BCUT2D eigenvalue weighted by Crippen LogP contribution is 2.50. The van der Waals surface area contributed by atoms with Gasteiger partial charge >= 0.3 is 0 Å². The van der Waals surface area contributed by atoms with E-state index in [-0.39, 0.29) is 12.4 Å². The van der Waals surface area contributed by atoms with Crippen molar-refractivity contribution in [2.45, 2.75) is 37.6 Å². The molecule has 3 nitrogen and oxygen atoms in total. The third kappa shape index (κ3) is 2.40. The molecule has 2 aromatic rings. The van der Waals surface area contributed by atoms with Crippen LogP contribution in [0, 0.1) is 0 Å². The molecule has 1 spiro atoms. The lowest BCUT2D eigenvalue weighted by atomic mass is 9.81. The Morgan fingerprint density at radius 3 is 2.71 bits per heavy atom. The number of nitrogens with two attached hydrogens (primary N) is 1. The number of aromatic nitrogens is 1. The first-order chi connectivity index (χ1) is 9.77. The van der Waals surface area contributed by atoms with Crippen LogP contribution in [0.4, 0.5) is 10.8 Å². The molecular formula is C16H20ClN3S. The monoisotopic (exact) mass is 321 g/mol. The first-order valence-electron chi connectivity index (χ1n) is 7.32. The topological polar surface area (TPSA) is 42.1 Å². The van der Waals surface area contributed by atoms with Gasteiger partial charge in [0.1, 0.15) is 0 Å². The zero-order valence-electron chi connectivity index (χ0n) is 11.9. The van der Waals surface area contributed by atoms with Gasteiger partial charge in [-0.1, -0.05) is 31.0 Å². The summed E-state index contributed by atoms with van der Waals surface area (Å²) in [4.78, 5) is 7.95. The zero-order valence-corrected chi connectivity index (χ0v) is 13.6. The minimum absolute atomic E-state index is 0. The quantitative estimate of drug-likeness (QED) is 0.909. The van der Waals surface area contributed by atoms with Crippen LogP contribution < -0.4 is 10.6 Å². The predicted molar refractivity (Wildman–Crippen MR) is 91.4 cm³/mol. The number of nitrogen functional groups attached to an aromatic ring is 1. The smallest absolute Gasteiger partial charge is 0.180 e. The van der Waals surface area contributed by atoms with Crippen molar-refractivity contribution in [2.24, 2.45) is 0 Å². The maximum Gasteiger partial charge on any atom is 0.180 e. The highest BCUT2D eigenvalue weighted by Gasteiger charge is 2.44. The van der Waals surface area contributed by atoms with E-state index in [1.54, 1.807) is 16.9 Å². The number of hydrogen-bond donors (Lipinski definition) is 1. The van der Waals surface area contributed by atoms with E-state index in [4.69, 9.17) is 5.73 Å². The number of thiazole rings is 1. The molecule has 1 fully saturated rings. The minimum Gasteiger partial charge on any atom is -0.375 e. The molecule has 112 valence electrons. The van der Waals surface area contributed by atoms with E-state index in [2.05, 4.69) is 34.1 Å². The minimum atomic E-state index is 0. The Labute approximate surface area is 135 Å². The van der Waals surface area contributed by atoms with Crippen molar-refractivity contribution in [3.05, 3.63) is 40.9 Å². The molecule has 21 heavy (non-hydrogen) atoms. The number of hydrogen-bond acceptors (Lipinski definition) is 4. The number of nitrogens with zero attached hydrogens (tertiary/aromatic N) is 2. The standard InChI is InChI=1S/C16H19N3S.ClH/c17-15-18-9-12(20-15)10-19-11-16(7-3-4-8-16)13-5-1-2-6-14(13)19;/h1-2,5-6,9H,3-4,7-8,10-11H2,(H2,17,18);1H. The number of rotatable bonds is 2. The molecule has 2 aliphatic rings. The molecule has 2 N–H and O–H groups in total. The Kier molecular flexibility index (Phi) is 3.84. The van der Waals surface area contributed by atoms with E-state index in [1.807, 2.05) is 6.20 Å². The molecular weight excluding hydrogens is 302 g/mol. The summed E-state index contributed by atoms with van der Waals surface area (Å²) in [6, 6.07) is 8.95. The lowest BCUT2D eigenvalue weighted by Gasteiger charge is -2.25. The molecule has 1 aromatic heterocycles. The van der Waals surface area contributed by atoms with Crippen molar-refractivity contribution in [1.29, 1.82) is 0 Å². The van der Waals surface area contributed by atoms with E-state index in [9.17, 15) is 0 Å². The number of benzene rings is 1. The van der Waals surface area contributed by atoms with Crippen molar-refractivity contribution < 1.29 is 0 Å². The van der Waals surface area contributed by atoms with Crippen LogP contribution in [-0.2, 0) is 12.0 Å². The summed E-state index contributed by atoms with van der Waals surface area (Å²) < 4.78 is 0. The van der Waals surface area contributed by atoms with Gasteiger partial charge in [0.2, 0.25) is 0 Å². The second-order valence-electron chi connectivity index (χ2n) is 6.03. The lowest BCUT2D eigenvalue weighted by Crippen LogP contribution is -2.30. The third-order valence-electron chi connectivity index (χ3n) is 4.79. The van der Waals surface area contributed by atoms with Gasteiger partial charge in [-0.25, -0.2) is 4.98 Å². The average Bonchev–Trinajstić information content (AvgIpc) is 3.15. The Morgan fingerprint density at radius 2 is 2.00 bits per heavy atom. The Morgan fingerprint density at radius 1 is 1.24 bits per heavy atom. The molecule has 5 heteroatoms. The SMILES string of the molecule is Cl.Nc1ncc(CN2CC3(CCCC3)c3ccccc32)s1. The highest BCUT2D eigenvalue weighted by atomic mass is 35.5. The molecule has 0 unspecified atom stereocenters. The molecule has 0 atom stereocenters. The summed E-state index contributed by atoms with van der Waals surface area (Å²) in [6.45, 7) is 2.10. The molecule has 0 saturated heterocycles. The molecule has 4 rings (SSSR count). The Bertz CT molecular complexity index is 634. The van der Waals surface area contributed by atoms with Gasteiger partial charge in [0, 0.05) is 28.7 Å². The molecule has 1 aliphatic heterocycles. The van der Waals surface area contributed by atoms with Gasteiger partial charge < -0.3 is 10.6 Å². The van der Waals surface area contributed by atoms with Crippen molar-refractivity contribution in [3.8, 4) is 0 Å². The fourth-order valence-electron chi connectivity index (χ4n) is 3.94. The molecule has 1 aliphatic carbocycles. The predicted octanol–water partition coefficient (Wildman–Crippen LogP) is 3.98. The van der Waals surface area contributed by atoms with Gasteiger partial charge in [-0.2, -0.15) is 0 Å². The van der Waals surface area contributed by atoms with Crippen LogP contribution in [0.3, 0.4) is 0 Å². The number of halogens is 1. The van der Waals surface area contributed by atoms with E-state index >= 15 is 0 Å². The van der Waals surface area contributed by atoms with Gasteiger partial charge in [0.05, 0.1) is 6.54 Å². The molecule has 1 saturated carbocycles. The number of anilines is 2. The maximum absolute atomic E-state index is 5.75. The summed E-state index contributed by atoms with van der Waals surface area (Å²) in [5.74, 6) is 0. The largest absolute Gasteiger partial charge is 0.375 e. The molecule has 0 amide bonds. The van der Waals surface area contributed by atoms with E-state index < -0.39 is 0 Å². The Balaban J connectivity index is 0.00000132. The first kappa shape index (κ1) is 14.7. The van der Waals surface area contributed by atoms with Crippen molar-refractivity contribution >= 4 is 34.6 Å². The second kappa shape index (κ2) is 5.50. The lowest BCUT2D eigenvalue weighted by molar-refractivity contribution is 0.466. The summed E-state index contributed by atoms with van der Waals surface area (Å²) in [5, 5.41) is 0.670. The van der Waals surface area contributed by atoms with Crippen molar-refractivity contribution in [3.63, 3.8) is 0 Å². The summed E-state index contributed by atoms with van der Waals surface area (Å²) in [7, 11) is 0. The van der Waals surface area contributed by atoms with Gasteiger partial charge in [-0.05, 0) is 24.5 Å². The summed E-state index contributed by atoms with van der Waals surface area (Å²) >= 11 is 1.61. The molecule has 1 aromatic carbocycles. The van der Waals surface area contributed by atoms with Crippen LogP contribution in [-0.4, -0.2) is 11.5 Å². The molecule has 0 radical (unpaired) electrons. The van der Waals surface area contributed by atoms with Gasteiger partial charge in [-0.15, -0.1) is 23.7 Å². The normalized spacial score (nSPS) is 18.8. The van der Waals surface area contributed by atoms with E-state index in [0.29, 0.717) is 10.5 Å². The van der Waals surface area contributed by atoms with Crippen molar-refractivity contribution in [1.82, 2.24) is 4.98 Å². The number of fused-ring (bicyclic) bond motifs is 2. The van der Waals surface area contributed by atoms with Crippen LogP contribution in [0.25, 0.3) is 0 Å². The van der Waals surface area contributed by atoms with Crippen LogP contribution in [0.15, 0.2) is 30.5 Å². The van der Waals surface area contributed by atoms with Crippen molar-refractivity contribution in [2.75, 3.05) is 17.2 Å². The zero-order chi connectivity index (χ0) is 13.6. The summed E-state index contributed by atoms with van der Waals surface area (Å²) in [5.41, 5.74) is 9.14. The van der Waals surface area contributed by atoms with Crippen LogP contribution in [0.1, 0.15) is 36.1 Å². The molecule has 0 bridgehead atoms.